The second-order valence-electron chi connectivity index (χ2n) is 6.54. The lowest BCUT2D eigenvalue weighted by atomic mass is 10.1. The molecule has 6 heteroatoms. The highest BCUT2D eigenvalue weighted by Gasteiger charge is 2.30. The van der Waals surface area contributed by atoms with Crippen LogP contribution in [0, 0.1) is 0 Å². The minimum absolute atomic E-state index is 0.125. The van der Waals surface area contributed by atoms with Gasteiger partial charge in [-0.3, -0.25) is 14.5 Å². The normalized spacial score (nSPS) is 15.2. The quantitative estimate of drug-likeness (QED) is 0.476. The summed E-state index contributed by atoms with van der Waals surface area (Å²) in [6.07, 6.45) is 4.04. The van der Waals surface area contributed by atoms with Gasteiger partial charge in [-0.2, -0.15) is 0 Å². The van der Waals surface area contributed by atoms with Crippen molar-refractivity contribution < 1.29 is 14.7 Å². The van der Waals surface area contributed by atoms with Gasteiger partial charge in [-0.05, 0) is 36.6 Å². The topological polar surface area (TPSA) is 70.0 Å². The fourth-order valence-corrected chi connectivity index (χ4v) is 3.27. The summed E-state index contributed by atoms with van der Waals surface area (Å²) in [6.45, 7) is 0.513. The molecule has 5 nitrogen and oxygen atoms in total. The molecule has 0 aliphatic carbocycles. The molecule has 0 spiro atoms. The van der Waals surface area contributed by atoms with Crippen LogP contribution >= 0.6 is 15.9 Å². The molecule has 0 fully saturated rings. The maximum absolute atomic E-state index is 13.0. The lowest BCUT2D eigenvalue weighted by molar-refractivity contribution is -0.137. The molecule has 0 atom stereocenters. The van der Waals surface area contributed by atoms with E-state index in [0.717, 1.165) is 28.4 Å². The van der Waals surface area contributed by atoms with Gasteiger partial charge in [0.2, 0.25) is 0 Å². The number of nitrogens with zero attached hydrogens (tertiary/aromatic N) is 2. The van der Waals surface area contributed by atoms with Gasteiger partial charge in [0.05, 0.1) is 0 Å². The van der Waals surface area contributed by atoms with Crippen LogP contribution in [0.25, 0.3) is 6.08 Å². The number of unbranched alkanes of at least 4 members (excludes halogenated alkanes) is 2. The van der Waals surface area contributed by atoms with Gasteiger partial charge in [-0.1, -0.05) is 64.8 Å². The zero-order chi connectivity index (χ0) is 19.9. The summed E-state index contributed by atoms with van der Waals surface area (Å²) in [4.78, 5) is 29.9. The average molecular weight is 441 g/mol. The number of carbonyl (C=O) groups is 2. The molecule has 0 aromatic heterocycles. The molecule has 1 aliphatic rings. The third kappa shape index (κ3) is 5.16. The van der Waals surface area contributed by atoms with Crippen molar-refractivity contribution >= 4 is 39.7 Å². The number of aliphatic carboxylic acids is 1. The van der Waals surface area contributed by atoms with Crippen LogP contribution in [0.2, 0.25) is 0 Å². The molecule has 28 heavy (non-hydrogen) atoms. The zero-order valence-corrected chi connectivity index (χ0v) is 16.9. The standard InChI is InChI=1S/C22H21BrN2O3/c23-18-12-10-17(11-13-18)21-24-19(15-16-7-3-1-4-8-16)22(28)25(21)14-6-2-5-9-20(26)27/h1,3-4,7-8,10-13,15H,2,5-6,9,14H2,(H,26,27)/b19-15-. The number of carboxylic acid groups (broad SMARTS) is 1. The van der Waals surface area contributed by atoms with Crippen molar-refractivity contribution in [1.29, 1.82) is 0 Å². The minimum Gasteiger partial charge on any atom is -0.481 e. The van der Waals surface area contributed by atoms with Crippen molar-refractivity contribution in [2.75, 3.05) is 6.54 Å². The molecule has 1 aliphatic heterocycles. The number of halogens is 1. The van der Waals surface area contributed by atoms with Crippen LogP contribution in [0.15, 0.2) is 69.8 Å². The molecular weight excluding hydrogens is 420 g/mol. The Balaban J connectivity index is 1.81. The second-order valence-corrected chi connectivity index (χ2v) is 7.46. The van der Waals surface area contributed by atoms with Crippen LogP contribution in [0.5, 0.6) is 0 Å². The lowest BCUT2D eigenvalue weighted by Gasteiger charge is -2.18. The predicted octanol–water partition coefficient (Wildman–Crippen LogP) is 4.72. The minimum atomic E-state index is -0.789. The number of amidine groups is 1. The van der Waals surface area contributed by atoms with Gasteiger partial charge in [0.25, 0.3) is 5.91 Å². The molecule has 0 bridgehead atoms. The van der Waals surface area contributed by atoms with Gasteiger partial charge < -0.3 is 5.11 Å². The van der Waals surface area contributed by atoms with E-state index in [1.54, 1.807) is 11.0 Å². The van der Waals surface area contributed by atoms with Crippen molar-refractivity contribution in [2.45, 2.75) is 25.7 Å². The van der Waals surface area contributed by atoms with Gasteiger partial charge >= 0.3 is 5.97 Å². The molecule has 0 saturated carbocycles. The SMILES string of the molecule is O=C(O)CCCCCN1C(=O)/C(=C/c2ccccc2)N=C1c1ccc(Br)cc1. The molecule has 1 N–H and O–H groups in total. The van der Waals surface area contributed by atoms with Crippen molar-refractivity contribution in [3.05, 3.63) is 75.9 Å². The molecule has 1 amide bonds. The highest BCUT2D eigenvalue weighted by atomic mass is 79.9. The predicted molar refractivity (Wildman–Crippen MR) is 113 cm³/mol. The van der Waals surface area contributed by atoms with E-state index in [2.05, 4.69) is 20.9 Å². The Hall–Kier alpha value is -2.73. The van der Waals surface area contributed by atoms with E-state index in [0.29, 0.717) is 24.5 Å². The number of aliphatic imine (C=N–C) groups is 1. The van der Waals surface area contributed by atoms with Crippen LogP contribution in [0.1, 0.15) is 36.8 Å². The van der Waals surface area contributed by atoms with Gasteiger partial charge in [-0.15, -0.1) is 0 Å². The van der Waals surface area contributed by atoms with Gasteiger partial charge in [-0.25, -0.2) is 4.99 Å². The number of benzene rings is 2. The Bertz CT molecular complexity index is 905. The molecule has 2 aromatic carbocycles. The summed E-state index contributed by atoms with van der Waals surface area (Å²) in [6, 6.07) is 17.3. The number of amides is 1. The van der Waals surface area contributed by atoms with E-state index in [-0.39, 0.29) is 12.3 Å². The van der Waals surface area contributed by atoms with E-state index in [9.17, 15) is 9.59 Å². The number of hydrogen-bond acceptors (Lipinski definition) is 3. The van der Waals surface area contributed by atoms with E-state index < -0.39 is 5.97 Å². The molecule has 0 radical (unpaired) electrons. The van der Waals surface area contributed by atoms with Crippen molar-refractivity contribution in [3.63, 3.8) is 0 Å². The lowest BCUT2D eigenvalue weighted by Crippen LogP contribution is -2.33. The van der Waals surface area contributed by atoms with E-state index in [1.165, 1.54) is 0 Å². The smallest absolute Gasteiger partial charge is 0.303 e. The monoisotopic (exact) mass is 440 g/mol. The second kappa shape index (κ2) is 9.46. The maximum atomic E-state index is 13.0. The van der Waals surface area contributed by atoms with E-state index in [4.69, 9.17) is 5.11 Å². The Labute approximate surface area is 172 Å². The Morgan fingerprint density at radius 1 is 1.04 bits per heavy atom. The van der Waals surface area contributed by atoms with Crippen LogP contribution in [-0.2, 0) is 9.59 Å². The Morgan fingerprint density at radius 3 is 2.43 bits per heavy atom. The molecule has 1 heterocycles. The molecule has 0 unspecified atom stereocenters. The maximum Gasteiger partial charge on any atom is 0.303 e. The molecular formula is C22H21BrN2O3. The number of hydrogen-bond donors (Lipinski definition) is 1. The zero-order valence-electron chi connectivity index (χ0n) is 15.3. The number of carbonyl (C=O) groups excluding carboxylic acids is 1. The van der Waals surface area contributed by atoms with Gasteiger partial charge in [0.15, 0.2) is 0 Å². The molecule has 3 rings (SSSR count). The Morgan fingerprint density at radius 2 is 1.75 bits per heavy atom. The third-order valence-corrected chi connectivity index (χ3v) is 4.95. The fourth-order valence-electron chi connectivity index (χ4n) is 3.01. The first-order chi connectivity index (χ1) is 13.5. The number of rotatable bonds is 8. The van der Waals surface area contributed by atoms with Gasteiger partial charge in [0.1, 0.15) is 11.5 Å². The highest BCUT2D eigenvalue weighted by molar-refractivity contribution is 9.10. The fraction of sp³-hybridized carbons (Fsp3) is 0.227. The molecule has 144 valence electrons. The highest BCUT2D eigenvalue weighted by Crippen LogP contribution is 2.23. The van der Waals surface area contributed by atoms with E-state index in [1.807, 2.05) is 54.6 Å². The summed E-state index contributed by atoms with van der Waals surface area (Å²) in [5.41, 5.74) is 2.21. The van der Waals surface area contributed by atoms with Crippen molar-refractivity contribution in [2.24, 2.45) is 4.99 Å². The first kappa shape index (κ1) is 20.0. The summed E-state index contributed by atoms with van der Waals surface area (Å²) < 4.78 is 0.960. The van der Waals surface area contributed by atoms with Crippen LogP contribution in [0.3, 0.4) is 0 Å². The summed E-state index contributed by atoms with van der Waals surface area (Å²) in [5.74, 6) is -0.277. The van der Waals surface area contributed by atoms with Crippen molar-refractivity contribution in [3.8, 4) is 0 Å². The summed E-state index contributed by atoms with van der Waals surface area (Å²) in [5, 5.41) is 8.76. The van der Waals surface area contributed by atoms with Gasteiger partial charge in [0, 0.05) is 23.0 Å². The van der Waals surface area contributed by atoms with Crippen LogP contribution < -0.4 is 0 Å². The summed E-state index contributed by atoms with van der Waals surface area (Å²) in [7, 11) is 0. The van der Waals surface area contributed by atoms with E-state index >= 15 is 0 Å². The molecule has 0 saturated heterocycles. The largest absolute Gasteiger partial charge is 0.481 e. The number of carboxylic acids is 1. The summed E-state index contributed by atoms with van der Waals surface area (Å²) >= 11 is 3.43. The molecule has 2 aromatic rings. The third-order valence-electron chi connectivity index (χ3n) is 4.42. The van der Waals surface area contributed by atoms with Crippen LogP contribution in [-0.4, -0.2) is 34.3 Å². The van der Waals surface area contributed by atoms with Crippen molar-refractivity contribution in [1.82, 2.24) is 4.90 Å². The average Bonchev–Trinajstić information content (AvgIpc) is 2.98. The Kier molecular flexibility index (Phi) is 6.76. The first-order valence-electron chi connectivity index (χ1n) is 9.19. The van der Waals surface area contributed by atoms with Crippen LogP contribution in [0.4, 0.5) is 0 Å². The first-order valence-corrected chi connectivity index (χ1v) is 9.99.